The number of aryl methyl sites for hydroxylation is 2. The number of rotatable bonds is 6. The first kappa shape index (κ1) is 17.6. The Labute approximate surface area is 159 Å². The van der Waals surface area contributed by atoms with Gasteiger partial charge in [-0.05, 0) is 51.5 Å². The Bertz CT molecular complexity index is 806. The van der Waals surface area contributed by atoms with E-state index in [0.717, 1.165) is 35.3 Å². The molecule has 0 bridgehead atoms. The molecule has 2 heterocycles. The second-order valence-corrected chi connectivity index (χ2v) is 8.40. The van der Waals surface area contributed by atoms with Crippen molar-refractivity contribution in [2.75, 3.05) is 23.7 Å². The second kappa shape index (κ2) is 7.43. The van der Waals surface area contributed by atoms with Gasteiger partial charge in [0.05, 0.1) is 5.75 Å². The number of carbonyl (C=O) groups is 1. The van der Waals surface area contributed by atoms with E-state index >= 15 is 0 Å². The standard InChI is InChI=1S/C20H26N4OS/c1-14-6-9-17(15(2)12-14)18(25)13-26-20-22-21-19(24(20)16-7-8-16)23-10-4-3-5-11-23/h6,9,12,16H,3-5,7-8,10-11,13H2,1-2H3. The van der Waals surface area contributed by atoms with E-state index in [1.165, 1.54) is 49.4 Å². The fourth-order valence-corrected chi connectivity index (χ4v) is 4.55. The Morgan fingerprint density at radius 2 is 1.92 bits per heavy atom. The predicted molar refractivity (Wildman–Crippen MR) is 105 cm³/mol. The minimum absolute atomic E-state index is 0.164. The van der Waals surface area contributed by atoms with Gasteiger partial charge in [0.15, 0.2) is 10.9 Å². The lowest BCUT2D eigenvalue weighted by molar-refractivity contribution is 0.102. The van der Waals surface area contributed by atoms with Crippen molar-refractivity contribution in [3.63, 3.8) is 0 Å². The van der Waals surface area contributed by atoms with Crippen LogP contribution in [0.5, 0.6) is 0 Å². The molecule has 1 aliphatic carbocycles. The van der Waals surface area contributed by atoms with E-state index in [2.05, 4.69) is 32.7 Å². The van der Waals surface area contributed by atoms with E-state index < -0.39 is 0 Å². The number of anilines is 1. The highest BCUT2D eigenvalue weighted by Crippen LogP contribution is 2.41. The van der Waals surface area contributed by atoms with Crippen molar-refractivity contribution in [3.05, 3.63) is 34.9 Å². The van der Waals surface area contributed by atoms with Crippen LogP contribution in [0.15, 0.2) is 23.4 Å². The van der Waals surface area contributed by atoms with E-state index in [1.54, 1.807) is 0 Å². The number of benzene rings is 1. The van der Waals surface area contributed by atoms with Crippen molar-refractivity contribution >= 4 is 23.5 Å². The number of hydrogen-bond donors (Lipinski definition) is 0. The van der Waals surface area contributed by atoms with Crippen LogP contribution in [0.2, 0.25) is 0 Å². The molecule has 4 rings (SSSR count). The molecule has 2 aromatic rings. The summed E-state index contributed by atoms with van der Waals surface area (Å²) in [6.45, 7) is 6.19. The Hall–Kier alpha value is -1.82. The smallest absolute Gasteiger partial charge is 0.228 e. The van der Waals surface area contributed by atoms with E-state index in [1.807, 2.05) is 19.1 Å². The van der Waals surface area contributed by atoms with Crippen LogP contribution in [-0.2, 0) is 0 Å². The van der Waals surface area contributed by atoms with Crippen molar-refractivity contribution < 1.29 is 4.79 Å². The van der Waals surface area contributed by atoms with Gasteiger partial charge in [-0.1, -0.05) is 35.5 Å². The predicted octanol–water partition coefficient (Wildman–Crippen LogP) is 4.20. The number of hydrogen-bond acceptors (Lipinski definition) is 5. The zero-order chi connectivity index (χ0) is 18.1. The third kappa shape index (κ3) is 3.65. The van der Waals surface area contributed by atoms with Gasteiger partial charge < -0.3 is 4.90 Å². The van der Waals surface area contributed by atoms with E-state index in [-0.39, 0.29) is 5.78 Å². The lowest BCUT2D eigenvalue weighted by Gasteiger charge is -2.27. The fourth-order valence-electron chi connectivity index (χ4n) is 3.66. The van der Waals surface area contributed by atoms with Crippen LogP contribution in [-0.4, -0.2) is 39.4 Å². The number of ketones is 1. The summed E-state index contributed by atoms with van der Waals surface area (Å²) in [6, 6.07) is 6.53. The SMILES string of the molecule is Cc1ccc(C(=O)CSc2nnc(N3CCCCC3)n2C2CC2)c(C)c1. The average Bonchev–Trinajstić information content (AvgIpc) is 3.39. The number of thioether (sulfide) groups is 1. The molecule has 0 spiro atoms. The van der Waals surface area contributed by atoms with Crippen molar-refractivity contribution in [1.29, 1.82) is 0 Å². The normalized spacial score (nSPS) is 17.5. The van der Waals surface area contributed by atoms with E-state index in [0.29, 0.717) is 11.8 Å². The maximum atomic E-state index is 12.7. The summed E-state index contributed by atoms with van der Waals surface area (Å²) in [4.78, 5) is 15.0. The fraction of sp³-hybridized carbons (Fsp3) is 0.550. The van der Waals surface area contributed by atoms with Gasteiger partial charge in [0.25, 0.3) is 0 Å². The quantitative estimate of drug-likeness (QED) is 0.563. The molecule has 2 aliphatic rings. The summed E-state index contributed by atoms with van der Waals surface area (Å²) in [5.74, 6) is 1.58. The Morgan fingerprint density at radius 1 is 1.15 bits per heavy atom. The zero-order valence-electron chi connectivity index (χ0n) is 15.6. The van der Waals surface area contributed by atoms with Crippen molar-refractivity contribution in [1.82, 2.24) is 14.8 Å². The minimum Gasteiger partial charge on any atom is -0.341 e. The molecule has 1 aromatic heterocycles. The number of nitrogens with zero attached hydrogens (tertiary/aromatic N) is 4. The van der Waals surface area contributed by atoms with Gasteiger partial charge in [-0.3, -0.25) is 9.36 Å². The van der Waals surface area contributed by atoms with Crippen LogP contribution in [0.3, 0.4) is 0 Å². The molecule has 138 valence electrons. The largest absolute Gasteiger partial charge is 0.341 e. The molecule has 1 aromatic carbocycles. The van der Waals surface area contributed by atoms with Gasteiger partial charge in [0.1, 0.15) is 0 Å². The molecule has 0 atom stereocenters. The summed E-state index contributed by atoms with van der Waals surface area (Å²) >= 11 is 1.53. The van der Waals surface area contributed by atoms with Crippen LogP contribution in [0.1, 0.15) is 59.6 Å². The van der Waals surface area contributed by atoms with Crippen molar-refractivity contribution in [2.45, 2.75) is 57.1 Å². The number of piperidine rings is 1. The van der Waals surface area contributed by atoms with Crippen molar-refractivity contribution in [2.24, 2.45) is 0 Å². The first-order chi connectivity index (χ1) is 12.6. The van der Waals surface area contributed by atoms with Crippen LogP contribution < -0.4 is 4.90 Å². The van der Waals surface area contributed by atoms with Gasteiger partial charge in [-0.2, -0.15) is 0 Å². The maximum absolute atomic E-state index is 12.7. The van der Waals surface area contributed by atoms with Gasteiger partial charge in [-0.15, -0.1) is 10.2 Å². The first-order valence-corrected chi connectivity index (χ1v) is 10.5. The molecule has 0 N–H and O–H groups in total. The molecule has 1 aliphatic heterocycles. The average molecular weight is 371 g/mol. The number of carbonyl (C=O) groups excluding carboxylic acids is 1. The van der Waals surface area contributed by atoms with Crippen LogP contribution >= 0.6 is 11.8 Å². The molecule has 0 unspecified atom stereocenters. The Morgan fingerprint density at radius 3 is 2.62 bits per heavy atom. The lowest BCUT2D eigenvalue weighted by Crippen LogP contribution is -2.31. The Balaban J connectivity index is 1.49. The molecule has 1 saturated heterocycles. The molecular weight excluding hydrogens is 344 g/mol. The topological polar surface area (TPSA) is 51.0 Å². The van der Waals surface area contributed by atoms with E-state index in [4.69, 9.17) is 0 Å². The third-order valence-corrected chi connectivity index (χ3v) is 6.16. The number of Topliss-reactive ketones (excluding diaryl/α,β-unsaturated/α-hetero) is 1. The molecule has 0 radical (unpaired) electrons. The first-order valence-electron chi connectivity index (χ1n) is 9.56. The molecule has 5 nitrogen and oxygen atoms in total. The van der Waals surface area contributed by atoms with Crippen molar-refractivity contribution in [3.8, 4) is 0 Å². The summed E-state index contributed by atoms with van der Waals surface area (Å²) in [7, 11) is 0. The Kier molecular flexibility index (Phi) is 5.02. The summed E-state index contributed by atoms with van der Waals surface area (Å²) < 4.78 is 2.28. The maximum Gasteiger partial charge on any atom is 0.228 e. The van der Waals surface area contributed by atoms with E-state index in [9.17, 15) is 4.79 Å². The third-order valence-electron chi connectivity index (χ3n) is 5.21. The van der Waals surface area contributed by atoms with Crippen LogP contribution in [0, 0.1) is 13.8 Å². The summed E-state index contributed by atoms with van der Waals surface area (Å²) in [5, 5.41) is 9.82. The molecule has 0 amide bonds. The second-order valence-electron chi connectivity index (χ2n) is 7.46. The molecule has 26 heavy (non-hydrogen) atoms. The zero-order valence-corrected chi connectivity index (χ0v) is 16.4. The van der Waals surface area contributed by atoms with Gasteiger partial charge >= 0.3 is 0 Å². The lowest BCUT2D eigenvalue weighted by atomic mass is 10.0. The van der Waals surface area contributed by atoms with Gasteiger partial charge in [0, 0.05) is 24.7 Å². The minimum atomic E-state index is 0.164. The van der Waals surface area contributed by atoms with Gasteiger partial charge in [0.2, 0.25) is 5.95 Å². The summed E-state index contributed by atoms with van der Waals surface area (Å²) in [5.41, 5.74) is 3.05. The molecule has 2 fully saturated rings. The molecule has 6 heteroatoms. The highest BCUT2D eigenvalue weighted by molar-refractivity contribution is 7.99. The van der Waals surface area contributed by atoms with Gasteiger partial charge in [-0.25, -0.2) is 0 Å². The highest BCUT2D eigenvalue weighted by Gasteiger charge is 2.32. The highest BCUT2D eigenvalue weighted by atomic mass is 32.2. The monoisotopic (exact) mass is 370 g/mol. The molecule has 1 saturated carbocycles. The number of aromatic nitrogens is 3. The molecular formula is C20H26N4OS. The van der Waals surface area contributed by atoms with Crippen LogP contribution in [0.4, 0.5) is 5.95 Å². The summed E-state index contributed by atoms with van der Waals surface area (Å²) in [6.07, 6.45) is 6.14. The van der Waals surface area contributed by atoms with Crippen LogP contribution in [0.25, 0.3) is 0 Å².